The highest BCUT2D eigenvalue weighted by Gasteiger charge is 2.12. The predicted molar refractivity (Wildman–Crippen MR) is 90.1 cm³/mol. The highest BCUT2D eigenvalue weighted by molar-refractivity contribution is 8.23. The Bertz CT molecular complexity index is 757. The molecular weight excluding hydrogens is 268 g/mol. The normalized spacial score (nSPS) is 11.3. The van der Waals surface area contributed by atoms with E-state index in [4.69, 9.17) is 0 Å². The number of phenolic OH excluding ortho intramolecular Hbond substituents is 1. The van der Waals surface area contributed by atoms with Gasteiger partial charge in [0, 0.05) is 10.5 Å². The van der Waals surface area contributed by atoms with Crippen molar-refractivity contribution in [2.24, 2.45) is 0 Å². The molecule has 0 aromatic heterocycles. The molecule has 20 heavy (non-hydrogen) atoms. The van der Waals surface area contributed by atoms with Gasteiger partial charge >= 0.3 is 0 Å². The second kappa shape index (κ2) is 5.19. The second-order valence-electron chi connectivity index (χ2n) is 4.82. The minimum Gasteiger partial charge on any atom is -0.507 e. The molecule has 3 heteroatoms. The molecule has 0 saturated heterocycles. The lowest BCUT2D eigenvalue weighted by atomic mass is 9.98. The van der Waals surface area contributed by atoms with E-state index in [1.807, 2.05) is 37.3 Å². The number of phenols is 1. The topological polar surface area (TPSA) is 40.5 Å². The molecule has 0 bridgehead atoms. The summed E-state index contributed by atoms with van der Waals surface area (Å²) in [6.07, 6.45) is 0. The van der Waals surface area contributed by atoms with Crippen LogP contribution < -0.4 is 0 Å². The summed E-state index contributed by atoms with van der Waals surface area (Å²) in [7, 11) is -2.34. The molecule has 0 aliphatic carbocycles. The first kappa shape index (κ1) is 14.4. The fourth-order valence-corrected chi connectivity index (χ4v) is 3.11. The molecule has 0 aliphatic heterocycles. The van der Waals surface area contributed by atoms with Gasteiger partial charge in [-0.3, -0.25) is 0 Å². The van der Waals surface area contributed by atoms with E-state index in [9.17, 15) is 9.66 Å². The fraction of sp³-hybridized carbons (Fsp3) is 0.0588. The Hall–Kier alpha value is -1.97. The van der Waals surface area contributed by atoms with Gasteiger partial charge in [-0.05, 0) is 35.8 Å². The van der Waals surface area contributed by atoms with Crippen molar-refractivity contribution in [2.75, 3.05) is 0 Å². The van der Waals surface area contributed by atoms with Crippen LogP contribution in [0.5, 0.6) is 5.75 Å². The molecule has 2 aromatic rings. The molecule has 0 amide bonds. The molecule has 0 radical (unpaired) electrons. The largest absolute Gasteiger partial charge is 0.507 e. The van der Waals surface area contributed by atoms with Crippen LogP contribution in [0.15, 0.2) is 53.9 Å². The van der Waals surface area contributed by atoms with E-state index in [1.54, 1.807) is 12.1 Å². The quantitative estimate of drug-likeness (QED) is 0.828. The third-order valence-electron chi connectivity index (χ3n) is 3.15. The van der Waals surface area contributed by atoms with Crippen LogP contribution >= 0.6 is 9.49 Å². The van der Waals surface area contributed by atoms with Crippen LogP contribution in [0.4, 0.5) is 0 Å². The van der Waals surface area contributed by atoms with Gasteiger partial charge in [-0.1, -0.05) is 58.1 Å². The summed E-state index contributed by atoms with van der Waals surface area (Å²) < 4.78 is 10.1. The van der Waals surface area contributed by atoms with Crippen molar-refractivity contribution in [3.05, 3.63) is 65.7 Å². The average molecular weight is 286 g/mol. The Kier molecular flexibility index (Phi) is 3.75. The van der Waals surface area contributed by atoms with Crippen LogP contribution in [0.25, 0.3) is 5.57 Å². The molecule has 0 fully saturated rings. The van der Waals surface area contributed by atoms with Crippen molar-refractivity contribution in [1.82, 2.24) is 0 Å². The second-order valence-corrected chi connectivity index (χ2v) is 6.95. The van der Waals surface area contributed by atoms with Gasteiger partial charge in [-0.15, -0.1) is 0 Å². The molecular formula is C17H18O2S. The standard InChI is InChI=1S/C17H18O2S/c1-12-10-16(18)15(11-17(12)20(3,4)19)13(2)14-8-6-5-7-9-14/h5-11,18-19H,2-4H2,1H3. The maximum absolute atomic E-state index is 10.1. The first-order valence-corrected chi connectivity index (χ1v) is 8.03. The number of hydrogen-bond acceptors (Lipinski definition) is 2. The molecule has 104 valence electrons. The van der Waals surface area contributed by atoms with Crippen molar-refractivity contribution in [2.45, 2.75) is 11.8 Å². The lowest BCUT2D eigenvalue weighted by Gasteiger charge is -2.16. The van der Waals surface area contributed by atoms with Crippen LogP contribution in [0, 0.1) is 6.92 Å². The molecule has 0 unspecified atom stereocenters. The monoisotopic (exact) mass is 286 g/mol. The SMILES string of the molecule is C=C(c1ccccc1)c1cc(S(=C)(=C)O)c(C)cc1O. The van der Waals surface area contributed by atoms with E-state index in [2.05, 4.69) is 18.3 Å². The fourth-order valence-electron chi connectivity index (χ4n) is 2.12. The van der Waals surface area contributed by atoms with Gasteiger partial charge in [0.15, 0.2) is 0 Å². The molecule has 0 atom stereocenters. The summed E-state index contributed by atoms with van der Waals surface area (Å²) in [6.45, 7) is 5.85. The van der Waals surface area contributed by atoms with Crippen molar-refractivity contribution >= 4 is 26.8 Å². The van der Waals surface area contributed by atoms with Crippen molar-refractivity contribution in [3.63, 3.8) is 0 Å². The molecule has 0 aliphatic rings. The minimum absolute atomic E-state index is 0.142. The highest BCUT2D eigenvalue weighted by Crippen LogP contribution is 2.38. The van der Waals surface area contributed by atoms with Gasteiger partial charge in [0.1, 0.15) is 5.75 Å². The maximum Gasteiger partial charge on any atom is 0.123 e. The van der Waals surface area contributed by atoms with E-state index in [0.29, 0.717) is 16.0 Å². The van der Waals surface area contributed by atoms with E-state index < -0.39 is 9.49 Å². The lowest BCUT2D eigenvalue weighted by Crippen LogP contribution is -1.92. The molecule has 2 aromatic carbocycles. The van der Waals surface area contributed by atoms with E-state index in [-0.39, 0.29) is 5.75 Å². The molecule has 0 heterocycles. The van der Waals surface area contributed by atoms with Gasteiger partial charge < -0.3 is 9.66 Å². The molecule has 2 nitrogen and oxygen atoms in total. The van der Waals surface area contributed by atoms with Gasteiger partial charge in [-0.2, -0.15) is 0 Å². The lowest BCUT2D eigenvalue weighted by molar-refractivity contribution is 0.472. The smallest absolute Gasteiger partial charge is 0.123 e. The summed E-state index contributed by atoms with van der Waals surface area (Å²) in [6, 6.07) is 13.0. The van der Waals surface area contributed by atoms with E-state index >= 15 is 0 Å². The zero-order valence-electron chi connectivity index (χ0n) is 11.5. The van der Waals surface area contributed by atoms with Gasteiger partial charge in [0.05, 0.1) is 0 Å². The number of aromatic hydroxyl groups is 1. The zero-order valence-corrected chi connectivity index (χ0v) is 12.3. The minimum atomic E-state index is -2.34. The summed E-state index contributed by atoms with van der Waals surface area (Å²) in [5.74, 6) is 7.58. The Morgan fingerprint density at radius 1 is 1.10 bits per heavy atom. The highest BCUT2D eigenvalue weighted by atomic mass is 32.2. The first-order chi connectivity index (χ1) is 9.30. The van der Waals surface area contributed by atoms with Crippen LogP contribution in [0.3, 0.4) is 0 Å². The third-order valence-corrected chi connectivity index (χ3v) is 4.41. The summed E-state index contributed by atoms with van der Waals surface area (Å²) in [4.78, 5) is 0.655. The molecule has 0 spiro atoms. The number of hydrogen-bond donors (Lipinski definition) is 2. The molecule has 2 N–H and O–H groups in total. The average Bonchev–Trinajstić information content (AvgIpc) is 2.37. The summed E-state index contributed by atoms with van der Waals surface area (Å²) in [5, 5.41) is 10.1. The summed E-state index contributed by atoms with van der Waals surface area (Å²) in [5.41, 5.74) is 2.99. The Morgan fingerprint density at radius 3 is 2.25 bits per heavy atom. The first-order valence-electron chi connectivity index (χ1n) is 6.11. The number of rotatable bonds is 3. The number of benzene rings is 2. The Morgan fingerprint density at radius 2 is 1.70 bits per heavy atom. The van der Waals surface area contributed by atoms with Crippen LogP contribution in [0.2, 0.25) is 0 Å². The van der Waals surface area contributed by atoms with Crippen molar-refractivity contribution in [3.8, 4) is 5.75 Å². The zero-order chi connectivity index (χ0) is 14.9. The van der Waals surface area contributed by atoms with Crippen LogP contribution in [0.1, 0.15) is 16.7 Å². The maximum atomic E-state index is 10.1. The Balaban J connectivity index is 2.61. The van der Waals surface area contributed by atoms with E-state index in [0.717, 1.165) is 11.1 Å². The predicted octanol–water partition coefficient (Wildman–Crippen LogP) is 4.26. The number of aryl methyl sites for hydroxylation is 1. The van der Waals surface area contributed by atoms with Crippen molar-refractivity contribution < 1.29 is 9.66 Å². The van der Waals surface area contributed by atoms with Gasteiger partial charge in [0.2, 0.25) is 0 Å². The van der Waals surface area contributed by atoms with Gasteiger partial charge in [0.25, 0.3) is 0 Å². The third kappa shape index (κ3) is 2.79. The Labute approximate surface area is 120 Å². The van der Waals surface area contributed by atoms with Crippen molar-refractivity contribution in [1.29, 1.82) is 0 Å². The van der Waals surface area contributed by atoms with Crippen LogP contribution in [-0.2, 0) is 0 Å². The molecule has 2 rings (SSSR count). The van der Waals surface area contributed by atoms with Gasteiger partial charge in [-0.25, -0.2) is 0 Å². The summed E-state index contributed by atoms with van der Waals surface area (Å²) >= 11 is 0. The van der Waals surface area contributed by atoms with Crippen LogP contribution in [-0.4, -0.2) is 21.4 Å². The molecule has 0 saturated carbocycles. The van der Waals surface area contributed by atoms with E-state index in [1.165, 1.54) is 0 Å².